The quantitative estimate of drug-likeness (QED) is 0.554. The van der Waals surface area contributed by atoms with Crippen LogP contribution in [0.4, 0.5) is 13.2 Å². The molecule has 0 saturated carbocycles. The second-order valence-electron chi connectivity index (χ2n) is 7.73. The molecule has 0 radical (unpaired) electrons. The molecule has 1 aliphatic heterocycles. The summed E-state index contributed by atoms with van der Waals surface area (Å²) in [5, 5.41) is 2.92. The van der Waals surface area contributed by atoms with Crippen molar-refractivity contribution in [3.8, 4) is 11.3 Å². The van der Waals surface area contributed by atoms with E-state index in [4.69, 9.17) is 9.15 Å². The second-order valence-corrected chi connectivity index (χ2v) is 7.73. The van der Waals surface area contributed by atoms with Gasteiger partial charge in [0.05, 0.1) is 31.0 Å². The Labute approximate surface area is 189 Å². The van der Waals surface area contributed by atoms with Crippen LogP contribution in [0.5, 0.6) is 0 Å². The number of amides is 1. The number of benzene rings is 2. The van der Waals surface area contributed by atoms with Gasteiger partial charge in [0, 0.05) is 32.5 Å². The van der Waals surface area contributed by atoms with Gasteiger partial charge < -0.3 is 14.5 Å². The molecule has 1 aliphatic rings. The Kier molecular flexibility index (Phi) is 7.41. The maximum Gasteiger partial charge on any atom is 0.220 e. The first kappa shape index (κ1) is 23.0. The van der Waals surface area contributed by atoms with E-state index in [1.54, 1.807) is 12.1 Å². The van der Waals surface area contributed by atoms with Gasteiger partial charge in [0.25, 0.3) is 0 Å². The third-order valence-electron chi connectivity index (χ3n) is 5.56. The number of rotatable bonds is 8. The van der Waals surface area contributed by atoms with Crippen molar-refractivity contribution in [2.24, 2.45) is 0 Å². The number of nitrogens with zero attached hydrogens (tertiary/aromatic N) is 2. The summed E-state index contributed by atoms with van der Waals surface area (Å²) in [7, 11) is 0. The molecule has 1 N–H and O–H groups in total. The SMILES string of the molecule is O=C(CCc1ncc(-c2c(F)cccc2F)o1)NCC(c1ccc(F)cc1)N1CCOCC1. The lowest BCUT2D eigenvalue weighted by Gasteiger charge is -2.35. The number of aromatic nitrogens is 1. The average Bonchev–Trinajstić information content (AvgIpc) is 3.28. The highest BCUT2D eigenvalue weighted by molar-refractivity contribution is 5.76. The molecule has 6 nitrogen and oxygen atoms in total. The number of oxazole rings is 1. The van der Waals surface area contributed by atoms with Crippen molar-refractivity contribution in [1.29, 1.82) is 0 Å². The molecule has 1 atom stereocenters. The molecular weight excluding hydrogens is 435 g/mol. The van der Waals surface area contributed by atoms with Crippen molar-refractivity contribution < 1.29 is 27.1 Å². The molecule has 4 rings (SSSR count). The highest BCUT2D eigenvalue weighted by Gasteiger charge is 2.23. The number of carbonyl (C=O) groups excluding carboxylic acids is 1. The average molecular weight is 459 g/mol. The number of ether oxygens (including phenoxy) is 1. The molecule has 174 valence electrons. The Morgan fingerprint density at radius 1 is 1.06 bits per heavy atom. The maximum absolute atomic E-state index is 13.9. The maximum atomic E-state index is 13.9. The van der Waals surface area contributed by atoms with Crippen LogP contribution in [0.1, 0.15) is 23.9 Å². The van der Waals surface area contributed by atoms with E-state index in [1.165, 1.54) is 24.4 Å². The lowest BCUT2D eigenvalue weighted by molar-refractivity contribution is -0.121. The number of halogens is 3. The molecule has 2 aromatic carbocycles. The molecule has 0 aliphatic carbocycles. The standard InChI is InChI=1S/C24H24F3N3O3/c25-17-6-4-16(5-7-17)20(30-10-12-32-13-11-30)14-28-22(31)8-9-23-29-15-21(33-23)24-18(26)2-1-3-19(24)27/h1-7,15,20H,8-14H2,(H,28,31). The third-order valence-corrected chi connectivity index (χ3v) is 5.56. The van der Waals surface area contributed by atoms with Crippen LogP contribution < -0.4 is 5.32 Å². The van der Waals surface area contributed by atoms with E-state index in [0.29, 0.717) is 32.8 Å². The number of hydrogen-bond acceptors (Lipinski definition) is 5. The lowest BCUT2D eigenvalue weighted by atomic mass is 10.0. The van der Waals surface area contributed by atoms with Crippen molar-refractivity contribution in [2.45, 2.75) is 18.9 Å². The van der Waals surface area contributed by atoms with E-state index in [0.717, 1.165) is 17.7 Å². The van der Waals surface area contributed by atoms with Crippen LogP contribution in [0.15, 0.2) is 53.1 Å². The summed E-state index contributed by atoms with van der Waals surface area (Å²) >= 11 is 0. The molecule has 2 heterocycles. The van der Waals surface area contributed by atoms with Crippen LogP contribution in [0.25, 0.3) is 11.3 Å². The first-order chi connectivity index (χ1) is 16.0. The summed E-state index contributed by atoms with van der Waals surface area (Å²) in [6.07, 6.45) is 1.53. The molecule has 1 amide bonds. The minimum Gasteiger partial charge on any atom is -0.441 e. The molecule has 1 unspecified atom stereocenters. The summed E-state index contributed by atoms with van der Waals surface area (Å²) in [5.74, 6) is -1.83. The van der Waals surface area contributed by atoms with E-state index in [2.05, 4.69) is 15.2 Å². The molecule has 1 fully saturated rings. The van der Waals surface area contributed by atoms with Gasteiger partial charge in [-0.25, -0.2) is 18.2 Å². The van der Waals surface area contributed by atoms with Crippen molar-refractivity contribution in [2.75, 3.05) is 32.8 Å². The van der Waals surface area contributed by atoms with Crippen molar-refractivity contribution in [3.05, 3.63) is 77.6 Å². The summed E-state index contributed by atoms with van der Waals surface area (Å²) < 4.78 is 52.1. The predicted molar refractivity (Wildman–Crippen MR) is 115 cm³/mol. The van der Waals surface area contributed by atoms with Crippen molar-refractivity contribution in [3.63, 3.8) is 0 Å². The van der Waals surface area contributed by atoms with Gasteiger partial charge in [0.2, 0.25) is 5.91 Å². The first-order valence-corrected chi connectivity index (χ1v) is 10.7. The van der Waals surface area contributed by atoms with Crippen LogP contribution in [0, 0.1) is 17.5 Å². The van der Waals surface area contributed by atoms with Crippen LogP contribution in [-0.2, 0) is 16.0 Å². The highest BCUT2D eigenvalue weighted by Crippen LogP contribution is 2.27. The van der Waals surface area contributed by atoms with Gasteiger partial charge in [-0.05, 0) is 29.8 Å². The van der Waals surface area contributed by atoms with Crippen molar-refractivity contribution >= 4 is 5.91 Å². The summed E-state index contributed by atoms with van der Waals surface area (Å²) in [4.78, 5) is 18.7. The number of nitrogens with one attached hydrogen (secondary N) is 1. The molecular formula is C24H24F3N3O3. The largest absolute Gasteiger partial charge is 0.441 e. The number of morpholine rings is 1. The van der Waals surface area contributed by atoms with Crippen LogP contribution in [0.2, 0.25) is 0 Å². The zero-order valence-corrected chi connectivity index (χ0v) is 17.9. The predicted octanol–water partition coefficient (Wildman–Crippen LogP) is 3.88. The van der Waals surface area contributed by atoms with Crippen molar-refractivity contribution in [1.82, 2.24) is 15.2 Å². The van der Waals surface area contributed by atoms with Gasteiger partial charge in [-0.15, -0.1) is 0 Å². The van der Waals surface area contributed by atoms with Crippen LogP contribution >= 0.6 is 0 Å². The van der Waals surface area contributed by atoms with Gasteiger partial charge >= 0.3 is 0 Å². The molecule has 33 heavy (non-hydrogen) atoms. The van der Waals surface area contributed by atoms with Crippen LogP contribution in [-0.4, -0.2) is 48.6 Å². The summed E-state index contributed by atoms with van der Waals surface area (Å²) in [6, 6.07) is 9.68. The second kappa shape index (κ2) is 10.6. The topological polar surface area (TPSA) is 67.6 Å². The van der Waals surface area contributed by atoms with Crippen LogP contribution in [0.3, 0.4) is 0 Å². The van der Waals surface area contributed by atoms with E-state index in [-0.39, 0.29) is 47.8 Å². The molecule has 0 bridgehead atoms. The number of carbonyl (C=O) groups is 1. The van der Waals surface area contributed by atoms with E-state index in [1.807, 2.05) is 0 Å². The fraction of sp³-hybridized carbons (Fsp3) is 0.333. The fourth-order valence-electron chi connectivity index (χ4n) is 3.83. The lowest BCUT2D eigenvalue weighted by Crippen LogP contribution is -2.43. The van der Waals surface area contributed by atoms with Gasteiger partial charge in [-0.2, -0.15) is 0 Å². The van der Waals surface area contributed by atoms with Gasteiger partial charge in [0.15, 0.2) is 11.7 Å². The minimum absolute atomic E-state index is 0.0234. The van der Waals surface area contributed by atoms with Gasteiger partial charge in [-0.3, -0.25) is 9.69 Å². The molecule has 9 heteroatoms. The Morgan fingerprint density at radius 3 is 2.45 bits per heavy atom. The smallest absolute Gasteiger partial charge is 0.220 e. The zero-order valence-electron chi connectivity index (χ0n) is 17.9. The normalized spacial score (nSPS) is 15.4. The Balaban J connectivity index is 1.35. The minimum atomic E-state index is -0.745. The Morgan fingerprint density at radius 2 is 1.76 bits per heavy atom. The molecule has 3 aromatic rings. The summed E-state index contributed by atoms with van der Waals surface area (Å²) in [5.41, 5.74) is 0.621. The van der Waals surface area contributed by atoms with Gasteiger partial charge in [0.1, 0.15) is 17.5 Å². The fourth-order valence-corrected chi connectivity index (χ4v) is 3.83. The highest BCUT2D eigenvalue weighted by atomic mass is 19.1. The molecule has 0 spiro atoms. The molecule has 1 saturated heterocycles. The Hall–Kier alpha value is -3.17. The third kappa shape index (κ3) is 5.80. The zero-order chi connectivity index (χ0) is 23.2. The summed E-state index contributed by atoms with van der Waals surface area (Å²) in [6.45, 7) is 2.97. The molecule has 1 aromatic heterocycles. The Bertz CT molecular complexity index is 1060. The van der Waals surface area contributed by atoms with E-state index in [9.17, 15) is 18.0 Å². The monoisotopic (exact) mass is 459 g/mol. The number of aryl methyl sites for hydroxylation is 1. The first-order valence-electron chi connectivity index (χ1n) is 10.7. The number of hydrogen-bond donors (Lipinski definition) is 1. The van der Waals surface area contributed by atoms with E-state index >= 15 is 0 Å². The van der Waals surface area contributed by atoms with E-state index < -0.39 is 11.6 Å². The van der Waals surface area contributed by atoms with Gasteiger partial charge in [-0.1, -0.05) is 18.2 Å².